The van der Waals surface area contributed by atoms with Crippen LogP contribution in [0.3, 0.4) is 0 Å². The Morgan fingerprint density at radius 3 is 2.52 bits per heavy atom. The minimum atomic E-state index is -0.0529. The van der Waals surface area contributed by atoms with Crippen molar-refractivity contribution in [1.29, 1.82) is 5.26 Å². The lowest BCUT2D eigenvalue weighted by Gasteiger charge is -2.13. The number of allylic oxidation sites excluding steroid dienone is 1. The Balaban J connectivity index is 2.54. The predicted molar refractivity (Wildman–Crippen MR) is 88.9 cm³/mol. The van der Waals surface area contributed by atoms with E-state index in [9.17, 15) is 5.26 Å². The number of halogens is 1. The topological polar surface area (TPSA) is 62.7 Å². The van der Waals surface area contributed by atoms with Crippen LogP contribution in [-0.4, -0.2) is 4.98 Å². The summed E-state index contributed by atoms with van der Waals surface area (Å²) >= 11 is 7.68. The third-order valence-electron chi connectivity index (χ3n) is 2.95. The first kappa shape index (κ1) is 15.6. The lowest BCUT2D eigenvalue weighted by Crippen LogP contribution is -2.10. The number of nitrogens with two attached hydrogens (primary N) is 1. The summed E-state index contributed by atoms with van der Waals surface area (Å²) in [6.45, 7) is 6.26. The van der Waals surface area contributed by atoms with Crippen LogP contribution in [0.25, 0.3) is 11.3 Å². The van der Waals surface area contributed by atoms with Gasteiger partial charge in [-0.05, 0) is 6.07 Å². The molecule has 0 saturated carbocycles. The Morgan fingerprint density at radius 2 is 2.00 bits per heavy atom. The van der Waals surface area contributed by atoms with E-state index in [1.807, 2.05) is 17.5 Å². The Kier molecular flexibility index (Phi) is 4.36. The molecule has 2 aromatic rings. The van der Waals surface area contributed by atoms with E-state index >= 15 is 0 Å². The average molecular weight is 318 g/mol. The van der Waals surface area contributed by atoms with Gasteiger partial charge in [0.15, 0.2) is 0 Å². The maximum Gasteiger partial charge on any atom is 0.104 e. The van der Waals surface area contributed by atoms with Gasteiger partial charge < -0.3 is 5.73 Å². The molecule has 0 amide bonds. The van der Waals surface area contributed by atoms with Crippen molar-refractivity contribution in [2.45, 2.75) is 26.2 Å². The smallest absolute Gasteiger partial charge is 0.104 e. The molecule has 0 spiro atoms. The second kappa shape index (κ2) is 5.88. The van der Waals surface area contributed by atoms with Gasteiger partial charge in [0, 0.05) is 21.4 Å². The lowest BCUT2D eigenvalue weighted by molar-refractivity contribution is 0.585. The van der Waals surface area contributed by atoms with Crippen molar-refractivity contribution >= 4 is 34.2 Å². The molecule has 21 heavy (non-hydrogen) atoms. The van der Waals surface area contributed by atoms with Crippen molar-refractivity contribution in [3.63, 3.8) is 0 Å². The highest BCUT2D eigenvalue weighted by atomic mass is 35.5. The van der Waals surface area contributed by atoms with Crippen LogP contribution in [0.1, 0.15) is 37.0 Å². The molecule has 0 fully saturated rings. The first-order valence-corrected chi connectivity index (χ1v) is 7.71. The van der Waals surface area contributed by atoms with E-state index in [0.29, 0.717) is 27.6 Å². The molecule has 0 radical (unpaired) electrons. The minimum absolute atomic E-state index is 0.0529. The summed E-state index contributed by atoms with van der Waals surface area (Å²) in [5, 5.41) is 12.8. The molecular formula is C16H16ClN3S. The van der Waals surface area contributed by atoms with Crippen LogP contribution < -0.4 is 5.73 Å². The molecule has 0 aliphatic rings. The molecule has 1 heterocycles. The van der Waals surface area contributed by atoms with E-state index in [1.165, 1.54) is 11.3 Å². The average Bonchev–Trinajstić information content (AvgIpc) is 2.89. The second-order valence-electron chi connectivity index (χ2n) is 5.67. The van der Waals surface area contributed by atoms with Gasteiger partial charge in [-0.2, -0.15) is 5.26 Å². The summed E-state index contributed by atoms with van der Waals surface area (Å²) in [6.07, 6.45) is 0. The quantitative estimate of drug-likeness (QED) is 0.832. The zero-order valence-electron chi connectivity index (χ0n) is 12.1. The molecule has 0 aliphatic heterocycles. The second-order valence-corrected chi connectivity index (χ2v) is 6.93. The molecule has 0 saturated heterocycles. The molecule has 0 bridgehead atoms. The van der Waals surface area contributed by atoms with Crippen molar-refractivity contribution < 1.29 is 0 Å². The molecule has 1 aromatic heterocycles. The maximum atomic E-state index is 9.45. The predicted octanol–water partition coefficient (Wildman–Crippen LogP) is 4.44. The summed E-state index contributed by atoms with van der Waals surface area (Å²) in [4.78, 5) is 4.54. The van der Waals surface area contributed by atoms with Crippen LogP contribution in [0.4, 0.5) is 0 Å². The van der Waals surface area contributed by atoms with Crippen molar-refractivity contribution in [3.8, 4) is 6.07 Å². The van der Waals surface area contributed by atoms with Crippen molar-refractivity contribution in [1.82, 2.24) is 4.98 Å². The van der Waals surface area contributed by atoms with E-state index in [2.05, 4.69) is 31.8 Å². The van der Waals surface area contributed by atoms with Crippen LogP contribution in [-0.2, 0) is 5.41 Å². The van der Waals surface area contributed by atoms with Crippen molar-refractivity contribution in [2.24, 2.45) is 5.73 Å². The highest BCUT2D eigenvalue weighted by Crippen LogP contribution is 2.31. The van der Waals surface area contributed by atoms with Gasteiger partial charge in [-0.1, -0.05) is 50.6 Å². The van der Waals surface area contributed by atoms with Crippen LogP contribution in [0.5, 0.6) is 0 Å². The van der Waals surface area contributed by atoms with Gasteiger partial charge in [0.25, 0.3) is 0 Å². The largest absolute Gasteiger partial charge is 0.397 e. The first-order valence-electron chi connectivity index (χ1n) is 6.45. The van der Waals surface area contributed by atoms with Crippen LogP contribution in [0.2, 0.25) is 5.02 Å². The van der Waals surface area contributed by atoms with Crippen LogP contribution in [0.15, 0.2) is 29.6 Å². The monoisotopic (exact) mass is 317 g/mol. The summed E-state index contributed by atoms with van der Waals surface area (Å²) in [7, 11) is 0. The van der Waals surface area contributed by atoms with E-state index in [1.54, 1.807) is 12.1 Å². The van der Waals surface area contributed by atoms with Crippen molar-refractivity contribution in [2.75, 3.05) is 0 Å². The maximum absolute atomic E-state index is 9.45. The lowest BCUT2D eigenvalue weighted by atomic mass is 9.98. The van der Waals surface area contributed by atoms with E-state index in [-0.39, 0.29) is 5.41 Å². The normalized spacial score (nSPS) is 12.7. The molecule has 108 valence electrons. The van der Waals surface area contributed by atoms with Gasteiger partial charge in [0.1, 0.15) is 11.6 Å². The standard InChI is InChI=1S/C16H16ClN3S/c1-16(2,3)15-20-13(9-21-15)11(8-18)14(19)10-6-4-5-7-12(10)17/h4-7,9H,19H2,1-3H3. The fraction of sp³-hybridized carbons (Fsp3) is 0.250. The Morgan fingerprint density at radius 1 is 1.33 bits per heavy atom. The van der Waals surface area contributed by atoms with Gasteiger partial charge in [-0.3, -0.25) is 0 Å². The van der Waals surface area contributed by atoms with Gasteiger partial charge in [0.05, 0.1) is 16.4 Å². The molecule has 5 heteroatoms. The zero-order valence-corrected chi connectivity index (χ0v) is 13.7. The Bertz CT molecular complexity index is 732. The van der Waals surface area contributed by atoms with Gasteiger partial charge in [-0.25, -0.2) is 4.98 Å². The third kappa shape index (κ3) is 3.26. The van der Waals surface area contributed by atoms with Gasteiger partial charge >= 0.3 is 0 Å². The van der Waals surface area contributed by atoms with E-state index in [4.69, 9.17) is 17.3 Å². The number of nitrogens with zero attached hydrogens (tertiary/aromatic N) is 2. The fourth-order valence-corrected chi connectivity index (χ4v) is 2.94. The van der Waals surface area contributed by atoms with Crippen LogP contribution in [0, 0.1) is 11.3 Å². The molecule has 0 unspecified atom stereocenters. The number of thiazole rings is 1. The summed E-state index contributed by atoms with van der Waals surface area (Å²) in [5.41, 5.74) is 8.05. The SMILES string of the molecule is CC(C)(C)c1nc(C(C#N)=C(N)c2ccccc2Cl)cs1. The number of aromatic nitrogens is 1. The molecular weight excluding hydrogens is 302 g/mol. The van der Waals surface area contributed by atoms with E-state index < -0.39 is 0 Å². The molecule has 1 aromatic carbocycles. The number of rotatable bonds is 2. The molecule has 0 aliphatic carbocycles. The summed E-state index contributed by atoms with van der Waals surface area (Å²) < 4.78 is 0. The highest BCUT2D eigenvalue weighted by Gasteiger charge is 2.20. The zero-order chi connectivity index (χ0) is 15.6. The van der Waals surface area contributed by atoms with Gasteiger partial charge in [-0.15, -0.1) is 11.3 Å². The summed E-state index contributed by atoms with van der Waals surface area (Å²) in [6, 6.07) is 9.36. The van der Waals surface area contributed by atoms with Crippen LogP contribution >= 0.6 is 22.9 Å². The number of hydrogen-bond acceptors (Lipinski definition) is 4. The van der Waals surface area contributed by atoms with E-state index in [0.717, 1.165) is 5.01 Å². The minimum Gasteiger partial charge on any atom is -0.397 e. The first-order chi connectivity index (χ1) is 9.84. The van der Waals surface area contributed by atoms with Gasteiger partial charge in [0.2, 0.25) is 0 Å². The Labute approximate surface area is 133 Å². The summed E-state index contributed by atoms with van der Waals surface area (Å²) in [5.74, 6) is 0. The molecule has 2 N–H and O–H groups in total. The number of hydrogen-bond donors (Lipinski definition) is 1. The fourth-order valence-electron chi connectivity index (χ4n) is 1.80. The number of nitriles is 1. The van der Waals surface area contributed by atoms with Crippen molar-refractivity contribution in [3.05, 3.63) is 50.9 Å². The molecule has 0 atom stereocenters. The highest BCUT2D eigenvalue weighted by molar-refractivity contribution is 7.10. The molecule has 2 rings (SSSR count). The Hall–Kier alpha value is -1.83. The molecule has 3 nitrogen and oxygen atoms in total. The third-order valence-corrected chi connectivity index (χ3v) is 4.54. The number of benzene rings is 1.